The Morgan fingerprint density at radius 3 is 2.68 bits per heavy atom. The predicted octanol–water partition coefficient (Wildman–Crippen LogP) is 4.96. The third-order valence-corrected chi connectivity index (χ3v) is 5.13. The van der Waals surface area contributed by atoms with E-state index in [4.69, 9.17) is 29.6 Å². The van der Waals surface area contributed by atoms with Gasteiger partial charge in [-0.15, -0.1) is 6.42 Å². The van der Waals surface area contributed by atoms with Crippen LogP contribution in [0.4, 0.5) is 0 Å². The molecule has 2 aromatic heterocycles. The number of ketones is 1. The first-order chi connectivity index (χ1) is 11.8. The van der Waals surface area contributed by atoms with Crippen molar-refractivity contribution in [3.8, 4) is 12.3 Å². The van der Waals surface area contributed by atoms with E-state index in [0.717, 1.165) is 27.7 Å². The number of carbonyl (C=O) groups excluding carboxylic acids is 1. The van der Waals surface area contributed by atoms with E-state index in [9.17, 15) is 4.79 Å². The first-order valence-corrected chi connectivity index (χ1v) is 8.48. The van der Waals surface area contributed by atoms with Gasteiger partial charge in [0, 0.05) is 48.7 Å². The maximum absolute atomic E-state index is 11.7. The molecule has 0 aliphatic carbocycles. The second-order valence-electron chi connectivity index (χ2n) is 6.05. The number of rotatable bonds is 3. The highest BCUT2D eigenvalue weighted by Crippen LogP contribution is 2.31. The van der Waals surface area contributed by atoms with Crippen molar-refractivity contribution in [1.29, 1.82) is 0 Å². The van der Waals surface area contributed by atoms with Crippen LogP contribution < -0.4 is 0 Å². The second kappa shape index (κ2) is 6.55. The molecule has 0 N–H and O–H groups in total. The first kappa shape index (κ1) is 17.5. The third kappa shape index (κ3) is 3.04. The zero-order valence-electron chi connectivity index (χ0n) is 14.2. The summed E-state index contributed by atoms with van der Waals surface area (Å²) in [5, 5.41) is 1.89. The van der Waals surface area contributed by atoms with Crippen LogP contribution in [-0.4, -0.2) is 15.3 Å². The van der Waals surface area contributed by atoms with Crippen molar-refractivity contribution < 1.29 is 4.79 Å². The van der Waals surface area contributed by atoms with Gasteiger partial charge >= 0.3 is 0 Å². The minimum absolute atomic E-state index is 0.186. The average molecular weight is 371 g/mol. The van der Waals surface area contributed by atoms with Crippen LogP contribution in [0.3, 0.4) is 0 Å². The highest BCUT2D eigenvalue weighted by molar-refractivity contribution is 6.37. The molecular formula is C20H16Cl2N2O. The van der Waals surface area contributed by atoms with Gasteiger partial charge in [0.2, 0.25) is 0 Å². The number of carbonyl (C=O) groups is 1. The van der Waals surface area contributed by atoms with Gasteiger partial charge in [0.05, 0.1) is 10.0 Å². The largest absolute Gasteiger partial charge is 0.347 e. The fourth-order valence-electron chi connectivity index (χ4n) is 3.01. The fourth-order valence-corrected chi connectivity index (χ4v) is 3.62. The molecule has 0 atom stereocenters. The molecule has 0 spiro atoms. The van der Waals surface area contributed by atoms with Crippen LogP contribution >= 0.6 is 23.2 Å². The van der Waals surface area contributed by atoms with Gasteiger partial charge in [-0.3, -0.25) is 4.79 Å². The standard InChI is InChI=1S/C20H16Cl2N2O/c1-5-13-6-11(2)15-8-14(24(4)18(15)7-13)9-16-17(21)10-23-20(12(3)25)19(16)22/h1,6-8,10H,9H2,2-4H3. The monoisotopic (exact) mass is 370 g/mol. The van der Waals surface area contributed by atoms with Gasteiger partial charge in [0.15, 0.2) is 5.78 Å². The van der Waals surface area contributed by atoms with Gasteiger partial charge in [0.1, 0.15) is 5.69 Å². The SMILES string of the molecule is C#Cc1cc(C)c2cc(Cc3c(Cl)cnc(C(C)=O)c3Cl)n(C)c2c1. The number of fused-ring (bicyclic) bond motifs is 1. The highest BCUT2D eigenvalue weighted by Gasteiger charge is 2.18. The maximum Gasteiger partial charge on any atom is 0.179 e. The maximum atomic E-state index is 11.7. The Bertz CT molecular complexity index is 1060. The molecule has 0 aliphatic rings. The number of pyridine rings is 1. The molecule has 0 saturated heterocycles. The lowest BCUT2D eigenvalue weighted by molar-refractivity contribution is 0.101. The van der Waals surface area contributed by atoms with E-state index >= 15 is 0 Å². The van der Waals surface area contributed by atoms with E-state index in [0.29, 0.717) is 22.0 Å². The molecule has 2 heterocycles. The summed E-state index contributed by atoms with van der Waals surface area (Å²) >= 11 is 12.7. The molecule has 25 heavy (non-hydrogen) atoms. The van der Waals surface area contributed by atoms with Crippen molar-refractivity contribution in [1.82, 2.24) is 9.55 Å². The molecule has 3 aromatic rings. The molecule has 5 heteroatoms. The van der Waals surface area contributed by atoms with E-state index in [-0.39, 0.29) is 11.5 Å². The zero-order chi connectivity index (χ0) is 18.3. The van der Waals surface area contributed by atoms with Gasteiger partial charge in [-0.05, 0) is 36.2 Å². The molecule has 0 unspecified atom stereocenters. The molecule has 0 saturated carbocycles. The number of aromatic nitrogens is 2. The van der Waals surface area contributed by atoms with Crippen molar-refractivity contribution in [2.45, 2.75) is 20.3 Å². The Hall–Kier alpha value is -2.28. The second-order valence-corrected chi connectivity index (χ2v) is 6.83. The molecule has 0 bridgehead atoms. The van der Waals surface area contributed by atoms with Crippen molar-refractivity contribution in [3.05, 3.63) is 62.5 Å². The van der Waals surface area contributed by atoms with Gasteiger partial charge in [-0.1, -0.05) is 29.1 Å². The summed E-state index contributed by atoms with van der Waals surface area (Å²) in [7, 11) is 1.98. The van der Waals surface area contributed by atoms with Crippen LogP contribution in [0.2, 0.25) is 10.0 Å². The smallest absolute Gasteiger partial charge is 0.179 e. The lowest BCUT2D eigenvalue weighted by atomic mass is 10.1. The van der Waals surface area contributed by atoms with E-state index in [1.165, 1.54) is 13.1 Å². The molecule has 126 valence electrons. The summed E-state index contributed by atoms with van der Waals surface area (Å²) in [5.41, 5.74) is 4.97. The van der Waals surface area contributed by atoms with Crippen molar-refractivity contribution in [2.24, 2.45) is 7.05 Å². The highest BCUT2D eigenvalue weighted by atomic mass is 35.5. The van der Waals surface area contributed by atoms with Gasteiger partial charge in [-0.25, -0.2) is 4.98 Å². The lowest BCUT2D eigenvalue weighted by Crippen LogP contribution is -2.04. The zero-order valence-corrected chi connectivity index (χ0v) is 15.7. The van der Waals surface area contributed by atoms with Crippen LogP contribution in [-0.2, 0) is 13.5 Å². The molecule has 3 rings (SSSR count). The van der Waals surface area contributed by atoms with Gasteiger partial charge in [-0.2, -0.15) is 0 Å². The Kier molecular flexibility index (Phi) is 4.60. The van der Waals surface area contributed by atoms with Crippen LogP contribution in [0.5, 0.6) is 0 Å². The van der Waals surface area contributed by atoms with Gasteiger partial charge in [0.25, 0.3) is 0 Å². The molecule has 1 aromatic carbocycles. The Labute approximate surface area is 156 Å². The minimum atomic E-state index is -0.186. The average Bonchev–Trinajstić information content (AvgIpc) is 2.88. The summed E-state index contributed by atoms with van der Waals surface area (Å²) in [6.45, 7) is 3.47. The summed E-state index contributed by atoms with van der Waals surface area (Å²) in [6, 6.07) is 6.08. The summed E-state index contributed by atoms with van der Waals surface area (Å²) in [6.07, 6.45) is 7.51. The molecular weight excluding hydrogens is 355 g/mol. The molecule has 0 amide bonds. The number of nitrogens with zero attached hydrogens (tertiary/aromatic N) is 2. The van der Waals surface area contributed by atoms with Crippen molar-refractivity contribution >= 4 is 39.9 Å². The number of hydrogen-bond donors (Lipinski definition) is 0. The minimum Gasteiger partial charge on any atom is -0.347 e. The summed E-state index contributed by atoms with van der Waals surface area (Å²) in [4.78, 5) is 15.7. The topological polar surface area (TPSA) is 34.9 Å². The van der Waals surface area contributed by atoms with Crippen molar-refractivity contribution in [2.75, 3.05) is 0 Å². The molecule has 3 nitrogen and oxygen atoms in total. The van der Waals surface area contributed by atoms with Crippen LogP contribution in [0.1, 0.15) is 39.8 Å². The van der Waals surface area contributed by atoms with Crippen LogP contribution in [0.25, 0.3) is 10.9 Å². The third-order valence-electron chi connectivity index (χ3n) is 4.39. The van der Waals surface area contributed by atoms with Gasteiger partial charge < -0.3 is 4.57 Å². The lowest BCUT2D eigenvalue weighted by Gasteiger charge is -2.10. The summed E-state index contributed by atoms with van der Waals surface area (Å²) < 4.78 is 2.07. The first-order valence-electron chi connectivity index (χ1n) is 7.72. The summed E-state index contributed by atoms with van der Waals surface area (Å²) in [5.74, 6) is 2.50. The Balaban J connectivity index is 2.15. The number of aryl methyl sites for hydroxylation is 2. The quantitative estimate of drug-likeness (QED) is 0.482. The number of benzene rings is 1. The molecule has 0 radical (unpaired) electrons. The van der Waals surface area contributed by atoms with Crippen LogP contribution in [0.15, 0.2) is 24.4 Å². The Morgan fingerprint density at radius 1 is 1.32 bits per heavy atom. The fraction of sp³-hybridized carbons (Fsp3) is 0.200. The number of hydrogen-bond acceptors (Lipinski definition) is 2. The van der Waals surface area contributed by atoms with Crippen molar-refractivity contribution in [3.63, 3.8) is 0 Å². The van der Waals surface area contributed by atoms with E-state index in [1.54, 1.807) is 0 Å². The number of terminal acetylenes is 1. The number of halogens is 2. The van der Waals surface area contributed by atoms with E-state index in [2.05, 4.69) is 21.5 Å². The van der Waals surface area contributed by atoms with Crippen LogP contribution in [0, 0.1) is 19.3 Å². The molecule has 0 aliphatic heterocycles. The van der Waals surface area contributed by atoms with E-state index in [1.807, 2.05) is 26.1 Å². The normalized spacial score (nSPS) is 10.9. The molecule has 0 fully saturated rings. The number of Topliss-reactive ketones (excluding diaryl/α,β-unsaturated/α-hetero) is 1. The Morgan fingerprint density at radius 2 is 2.04 bits per heavy atom. The predicted molar refractivity (Wildman–Crippen MR) is 103 cm³/mol. The van der Waals surface area contributed by atoms with E-state index < -0.39 is 0 Å².